The van der Waals surface area contributed by atoms with Crippen LogP contribution in [0.1, 0.15) is 0 Å². The maximum Gasteiger partial charge on any atom is 0.164 e. The molecule has 15 heteroatoms. The lowest BCUT2D eigenvalue weighted by Crippen LogP contribution is -2.01. The van der Waals surface area contributed by atoms with E-state index < -0.39 is 0 Å². The Bertz CT molecular complexity index is 8420. The van der Waals surface area contributed by atoms with Gasteiger partial charge in [-0.25, -0.2) is 34.9 Å². The van der Waals surface area contributed by atoms with Crippen molar-refractivity contribution in [3.8, 4) is 168 Å². The van der Waals surface area contributed by atoms with Gasteiger partial charge in [0.25, 0.3) is 0 Å². The molecule has 136 heavy (non-hydrogen) atoms. The molecule has 0 bridgehead atoms. The summed E-state index contributed by atoms with van der Waals surface area (Å²) in [6.07, 6.45) is 11.2. The number of aromatic nitrogens is 13. The van der Waals surface area contributed by atoms with Gasteiger partial charge in [-0.2, -0.15) is 0 Å². The van der Waals surface area contributed by atoms with E-state index in [-0.39, 0.29) is 0 Å². The Hall–Kier alpha value is -17.9. The fraction of sp³-hybridized carbons (Fsp3) is 0. The highest BCUT2D eigenvalue weighted by atomic mass is 32.1. The number of hydrogen-bond donors (Lipinski definition) is 0. The van der Waals surface area contributed by atoms with E-state index >= 15 is 0 Å². The zero-order valence-corrected chi connectivity index (χ0v) is 74.6. The molecule has 14 aromatic carbocycles. The fourth-order valence-electron chi connectivity index (χ4n) is 19.0. The highest BCUT2D eigenvalue weighted by molar-refractivity contribution is 7.24. The number of pyridine rings is 6. The Labute approximate surface area is 789 Å². The third-order valence-corrected chi connectivity index (χ3v) is 27.9. The van der Waals surface area contributed by atoms with Gasteiger partial charge in [0.2, 0.25) is 0 Å². The Balaban J connectivity index is 0.000000145. The summed E-state index contributed by atoms with van der Waals surface area (Å²) in [4.78, 5) is 57.2. The normalized spacial score (nSPS) is 11.5. The Morgan fingerprint density at radius 2 is 0.551 bits per heavy atom. The van der Waals surface area contributed by atoms with Crippen molar-refractivity contribution >= 4 is 108 Å². The molecule has 12 heterocycles. The summed E-state index contributed by atoms with van der Waals surface area (Å²) < 4.78 is 6.91. The Morgan fingerprint density at radius 3 is 1.02 bits per heavy atom. The van der Waals surface area contributed by atoms with Crippen molar-refractivity contribution in [2.45, 2.75) is 0 Å². The van der Waals surface area contributed by atoms with Gasteiger partial charge in [-0.3, -0.25) is 19.9 Å². The van der Waals surface area contributed by atoms with Crippen molar-refractivity contribution in [2.75, 3.05) is 0 Å². The molecule has 13 nitrogen and oxygen atoms in total. The molecular formula is C121H75N13S2. The van der Waals surface area contributed by atoms with Crippen LogP contribution >= 0.6 is 22.7 Å². The van der Waals surface area contributed by atoms with Crippen LogP contribution in [0.3, 0.4) is 0 Å². The van der Waals surface area contributed by atoms with Gasteiger partial charge < -0.3 is 9.13 Å². The van der Waals surface area contributed by atoms with Gasteiger partial charge in [0.1, 0.15) is 0 Å². The van der Waals surface area contributed by atoms with Crippen molar-refractivity contribution in [3.63, 3.8) is 0 Å². The maximum atomic E-state index is 5.32. The van der Waals surface area contributed by atoms with Gasteiger partial charge in [0.05, 0.1) is 81.5 Å². The molecule has 0 aliphatic carbocycles. The van der Waals surface area contributed by atoms with E-state index in [1.165, 1.54) is 38.0 Å². The second-order valence-electron chi connectivity index (χ2n) is 33.5. The average molecular weight is 1780 g/mol. The van der Waals surface area contributed by atoms with Crippen molar-refractivity contribution in [3.05, 3.63) is 456 Å². The molecule has 0 saturated carbocycles. The number of para-hydroxylation sites is 6. The molecule has 0 fully saturated rings. The second kappa shape index (κ2) is 34.4. The standard InChI is InChI=1S/C61H38N6S.C60H37N7S/c1-2-15-43(16-3-1)61-65-52(38-53(66-61)44-17-14-18-45(37-44)67-54-25-8-5-19-46(54)47-20-6-9-26-55(47)67)41-31-27-39(28-32-41)40-29-33-42(34-30-40)58-60-56(48-21-4-7-22-49(48)64-58)57(50-23-10-12-35-62-50)59(68-60)51-24-11-13-36-63-51;1-2-13-41(14-3-1)58-64-59(66-60(65-58)43-15-10-18-46(35-43)67-51-23-8-5-19-47(51)48-20-6-9-24-52(48)67)42-31-27-39(28-32-42)38-25-29-40(30-26-38)55-57-54(49-21-4-7-22-50(49)63-55)53(44-16-11-33-61-36-44)56(68-57)45-17-12-34-62-37-45/h1-38H;1-37H. The van der Waals surface area contributed by atoms with E-state index in [1.807, 2.05) is 122 Å². The topological polar surface area (TPSA) is 152 Å². The van der Waals surface area contributed by atoms with Crippen molar-refractivity contribution in [1.29, 1.82) is 0 Å². The number of benzene rings is 14. The molecule has 26 aromatic rings. The SMILES string of the molecule is c1ccc(-c2nc(-c3ccc(-c4ccc(-c5nc6ccccc6c6c(-c7ccccn7)c(-c7ccccn7)sc56)cc4)cc3)cc(-c3cccc(-n4c5ccccc5c5ccccc54)c3)n2)cc1.c1ccc(-c2nc(-c3ccc(-c4ccc(-c5nc6ccccc6c6c(-c7cccnc7)c(-c7cccnc7)sc56)cc4)cc3)nc(-c3cccc(-n4c5ccccc5c5ccccc54)c3)n2)cc1. The van der Waals surface area contributed by atoms with Gasteiger partial charge in [-0.15, -0.1) is 22.7 Å². The minimum absolute atomic E-state index is 0.608. The number of rotatable bonds is 16. The van der Waals surface area contributed by atoms with E-state index in [0.29, 0.717) is 23.3 Å². The summed E-state index contributed by atoms with van der Waals surface area (Å²) in [5.74, 6) is 2.52. The Morgan fingerprint density at radius 1 is 0.199 bits per heavy atom. The number of thiophene rings is 2. The van der Waals surface area contributed by atoms with E-state index in [9.17, 15) is 0 Å². The largest absolute Gasteiger partial charge is 0.309 e. The molecule has 636 valence electrons. The van der Waals surface area contributed by atoms with Gasteiger partial charge in [-0.1, -0.05) is 315 Å². The van der Waals surface area contributed by atoms with Gasteiger partial charge >= 0.3 is 0 Å². The summed E-state index contributed by atoms with van der Waals surface area (Å²) >= 11 is 3.49. The number of fused-ring (bicyclic) bond motifs is 12. The minimum atomic E-state index is 0.608. The first kappa shape index (κ1) is 80.2. The summed E-state index contributed by atoms with van der Waals surface area (Å²) in [7, 11) is 0. The lowest BCUT2D eigenvalue weighted by Gasteiger charge is -2.12. The van der Waals surface area contributed by atoms with Crippen molar-refractivity contribution in [2.24, 2.45) is 0 Å². The zero-order chi connectivity index (χ0) is 89.9. The van der Waals surface area contributed by atoms with E-state index in [2.05, 4.69) is 353 Å². The lowest BCUT2D eigenvalue weighted by atomic mass is 9.96. The van der Waals surface area contributed by atoms with E-state index in [0.717, 1.165) is 192 Å². The van der Waals surface area contributed by atoms with Gasteiger partial charge in [-0.05, 0) is 125 Å². The summed E-state index contributed by atoms with van der Waals surface area (Å²) in [6.45, 7) is 0. The van der Waals surface area contributed by atoms with Crippen LogP contribution in [0.25, 0.3) is 253 Å². The first-order valence-corrected chi connectivity index (χ1v) is 46.8. The lowest BCUT2D eigenvalue weighted by molar-refractivity contribution is 1.07. The minimum Gasteiger partial charge on any atom is -0.309 e. The summed E-state index contributed by atoms with van der Waals surface area (Å²) in [5.41, 5.74) is 30.7. The molecular weight excluding hydrogens is 1700 g/mol. The highest BCUT2D eigenvalue weighted by Crippen LogP contribution is 2.52. The Kier molecular flexibility index (Phi) is 20.3. The monoisotopic (exact) mass is 1770 g/mol. The smallest absolute Gasteiger partial charge is 0.164 e. The maximum absolute atomic E-state index is 5.32. The molecule has 0 unspecified atom stereocenters. The van der Waals surface area contributed by atoms with E-state index in [1.54, 1.807) is 22.7 Å². The molecule has 0 radical (unpaired) electrons. The fourth-order valence-corrected chi connectivity index (χ4v) is 21.7. The second-order valence-corrected chi connectivity index (χ2v) is 35.6. The van der Waals surface area contributed by atoms with E-state index in [4.69, 9.17) is 44.9 Å². The van der Waals surface area contributed by atoms with Crippen molar-refractivity contribution < 1.29 is 0 Å². The molecule has 0 aliphatic heterocycles. The highest BCUT2D eigenvalue weighted by Gasteiger charge is 2.28. The third kappa shape index (κ3) is 14.6. The van der Waals surface area contributed by atoms with Crippen LogP contribution in [0.5, 0.6) is 0 Å². The summed E-state index contributed by atoms with van der Waals surface area (Å²) in [6, 6.07) is 146. The molecule has 12 aromatic heterocycles. The van der Waals surface area contributed by atoms with Crippen LogP contribution in [-0.4, -0.2) is 64.0 Å². The zero-order valence-electron chi connectivity index (χ0n) is 72.9. The first-order valence-electron chi connectivity index (χ1n) is 45.1. The molecule has 0 spiro atoms. The average Bonchev–Trinajstić information content (AvgIpc) is 1.57. The number of nitrogens with zero attached hydrogens (tertiary/aromatic N) is 13. The predicted molar refractivity (Wildman–Crippen MR) is 559 cm³/mol. The van der Waals surface area contributed by atoms with Gasteiger partial charge in [0, 0.05) is 163 Å². The van der Waals surface area contributed by atoms with Crippen LogP contribution in [0.15, 0.2) is 456 Å². The van der Waals surface area contributed by atoms with Crippen LogP contribution in [0, 0.1) is 0 Å². The molecule has 0 atom stereocenters. The number of hydrogen-bond acceptors (Lipinski definition) is 13. The van der Waals surface area contributed by atoms with Crippen molar-refractivity contribution in [1.82, 2.24) is 64.0 Å². The third-order valence-electron chi connectivity index (χ3n) is 25.4. The van der Waals surface area contributed by atoms with Crippen LogP contribution in [0.2, 0.25) is 0 Å². The van der Waals surface area contributed by atoms with Crippen LogP contribution in [0.4, 0.5) is 0 Å². The predicted octanol–water partition coefficient (Wildman–Crippen LogP) is 31.0. The van der Waals surface area contributed by atoms with Crippen LogP contribution < -0.4 is 0 Å². The molecule has 26 rings (SSSR count). The van der Waals surface area contributed by atoms with Gasteiger partial charge in [0.15, 0.2) is 23.3 Å². The molecule has 0 saturated heterocycles. The molecule has 0 amide bonds. The molecule has 0 aliphatic rings. The quantitative estimate of drug-likeness (QED) is 0.0909. The summed E-state index contributed by atoms with van der Waals surface area (Å²) in [5, 5.41) is 9.44. The first-order chi connectivity index (χ1) is 67.4. The van der Waals surface area contributed by atoms with Crippen LogP contribution in [-0.2, 0) is 0 Å². The molecule has 0 N–H and O–H groups in total.